The van der Waals surface area contributed by atoms with Gasteiger partial charge in [-0.3, -0.25) is 14.4 Å². The van der Waals surface area contributed by atoms with E-state index in [9.17, 15) is 27.6 Å². The van der Waals surface area contributed by atoms with Crippen LogP contribution in [0, 0.1) is 30.1 Å². The van der Waals surface area contributed by atoms with E-state index < -0.39 is 51.7 Å². The van der Waals surface area contributed by atoms with Gasteiger partial charge in [-0.2, -0.15) is 0 Å². The maximum Gasteiger partial charge on any atom is 0.426 e. The lowest BCUT2D eigenvalue weighted by atomic mass is 9.91. The summed E-state index contributed by atoms with van der Waals surface area (Å²) in [5.41, 5.74) is 2.29. The van der Waals surface area contributed by atoms with Gasteiger partial charge in [0.2, 0.25) is 17.6 Å². The van der Waals surface area contributed by atoms with Crippen LogP contribution in [0.3, 0.4) is 0 Å². The van der Waals surface area contributed by atoms with E-state index in [0.717, 1.165) is 30.2 Å². The largest absolute Gasteiger partial charge is 0.426 e. The van der Waals surface area contributed by atoms with Crippen LogP contribution in [-0.4, -0.2) is 68.4 Å². The molecule has 12 heteroatoms. The van der Waals surface area contributed by atoms with E-state index >= 15 is 0 Å². The van der Waals surface area contributed by atoms with Crippen molar-refractivity contribution in [2.75, 3.05) is 13.1 Å². The second-order valence-corrected chi connectivity index (χ2v) is 15.5. The first kappa shape index (κ1) is 40.7. The van der Waals surface area contributed by atoms with Crippen LogP contribution in [0.15, 0.2) is 82.6 Å². The zero-order chi connectivity index (χ0) is 37.7. The average Bonchev–Trinajstić information content (AvgIpc) is 3.09. The Labute approximate surface area is 302 Å². The van der Waals surface area contributed by atoms with Crippen molar-refractivity contribution in [1.29, 1.82) is 0 Å². The second-order valence-electron chi connectivity index (χ2n) is 13.7. The van der Waals surface area contributed by atoms with Crippen molar-refractivity contribution in [3.8, 4) is 12.3 Å². The summed E-state index contributed by atoms with van der Waals surface area (Å²) in [4.78, 5) is 57.2. The third kappa shape index (κ3) is 12.8. The molecule has 51 heavy (non-hydrogen) atoms. The number of benzene rings is 2. The fourth-order valence-electron chi connectivity index (χ4n) is 5.64. The maximum absolute atomic E-state index is 13.6. The molecule has 0 saturated carbocycles. The molecule has 1 heterocycles. The molecule has 3 unspecified atom stereocenters. The molecule has 11 nitrogen and oxygen atoms in total. The molecule has 3 N–H and O–H groups in total. The van der Waals surface area contributed by atoms with E-state index in [2.05, 4.69) is 28.1 Å². The molecule has 0 aliphatic carbocycles. The monoisotopic (exact) mass is 718 g/mol. The van der Waals surface area contributed by atoms with Crippen LogP contribution < -0.4 is 16.0 Å². The van der Waals surface area contributed by atoms with Gasteiger partial charge in [-0.15, -0.1) is 11.5 Å². The predicted molar refractivity (Wildman–Crippen MR) is 197 cm³/mol. The summed E-state index contributed by atoms with van der Waals surface area (Å²) in [5.74, 6) is 0.146. The highest BCUT2D eigenvalue weighted by Gasteiger charge is 2.32. The lowest BCUT2D eigenvalue weighted by Crippen LogP contribution is -2.58. The molecule has 0 radical (unpaired) electrons. The second kappa shape index (κ2) is 19.0. The number of ketones is 1. The number of carbonyl (C=O) groups is 4. The highest BCUT2D eigenvalue weighted by atomic mass is 32.2. The maximum atomic E-state index is 13.6. The topological polar surface area (TPSA) is 151 Å². The molecule has 2 aromatic carbocycles. The Morgan fingerprint density at radius 3 is 2.00 bits per heavy atom. The Morgan fingerprint density at radius 1 is 0.882 bits per heavy atom. The molecule has 1 saturated heterocycles. The minimum Gasteiger partial charge on any atom is -0.351 e. The van der Waals surface area contributed by atoms with Gasteiger partial charge in [0.1, 0.15) is 12.1 Å². The molecule has 0 bridgehead atoms. The first-order valence-electron chi connectivity index (χ1n) is 17.2. The van der Waals surface area contributed by atoms with Gasteiger partial charge >= 0.3 is 6.09 Å². The number of Topliss-reactive ketones (excluding diaryl/α,β-unsaturated/α-hetero) is 1. The molecular formula is C39H50N4O7S. The highest BCUT2D eigenvalue weighted by molar-refractivity contribution is 7.94. The zero-order valence-corrected chi connectivity index (χ0v) is 31.0. The van der Waals surface area contributed by atoms with Crippen molar-refractivity contribution in [2.24, 2.45) is 17.8 Å². The van der Waals surface area contributed by atoms with Gasteiger partial charge in [0.25, 0.3) is 0 Å². The molecule has 0 spiro atoms. The minimum absolute atomic E-state index is 0.0554. The molecule has 3 rings (SSSR count). The number of nitrogens with one attached hydrogen (secondary N) is 3. The average molecular weight is 719 g/mol. The van der Waals surface area contributed by atoms with Crippen LogP contribution in [0.25, 0.3) is 0 Å². The number of nitrogens with zero attached hydrogens (tertiary/aromatic N) is 1. The van der Waals surface area contributed by atoms with E-state index in [4.69, 9.17) is 11.3 Å². The number of rotatable bonds is 15. The van der Waals surface area contributed by atoms with Crippen LogP contribution in [0.2, 0.25) is 0 Å². The number of hydroxylamine groups is 2. The molecule has 3 atom stereocenters. The van der Waals surface area contributed by atoms with E-state index in [1.165, 1.54) is 35.9 Å². The van der Waals surface area contributed by atoms with E-state index in [0.29, 0.717) is 19.0 Å². The summed E-state index contributed by atoms with van der Waals surface area (Å²) in [6.45, 7) is 11.9. The van der Waals surface area contributed by atoms with Crippen molar-refractivity contribution in [3.63, 3.8) is 0 Å². The van der Waals surface area contributed by atoms with Gasteiger partial charge in [0.05, 0.1) is 10.9 Å². The minimum atomic E-state index is -3.94. The van der Waals surface area contributed by atoms with Crippen molar-refractivity contribution in [2.45, 2.75) is 83.8 Å². The Morgan fingerprint density at radius 2 is 1.45 bits per heavy atom. The van der Waals surface area contributed by atoms with Crippen molar-refractivity contribution >= 4 is 33.5 Å². The molecule has 274 valence electrons. The number of carbonyl (C=O) groups excluding carboxylic acids is 4. The number of allylic oxidation sites excluding steroid dienone is 1. The van der Waals surface area contributed by atoms with Crippen molar-refractivity contribution < 1.29 is 32.4 Å². The predicted octanol–water partition coefficient (Wildman–Crippen LogP) is 5.00. The summed E-state index contributed by atoms with van der Waals surface area (Å²) < 4.78 is 26.1. The third-order valence-corrected chi connectivity index (χ3v) is 9.93. The summed E-state index contributed by atoms with van der Waals surface area (Å²) in [5, 5.41) is 10.8. The van der Waals surface area contributed by atoms with Gasteiger partial charge in [-0.05, 0) is 92.7 Å². The van der Waals surface area contributed by atoms with Crippen LogP contribution in [0.1, 0.15) is 70.3 Å². The molecule has 3 amide bonds. The SMILES string of the molecule is C#CC(=O)c1ccc(S(=O)(=O)/C=C/C(C=C(C)C)NC(=O)C(NC(=O)C(NC(=O)ON2CCC(Cc3ccccc3)CC2)C(C)C)C(C)C)cc1. The van der Waals surface area contributed by atoms with Gasteiger partial charge in [0.15, 0.2) is 9.84 Å². The first-order valence-corrected chi connectivity index (χ1v) is 18.7. The van der Waals surface area contributed by atoms with Crippen LogP contribution in [0.4, 0.5) is 4.79 Å². The lowest BCUT2D eigenvalue weighted by Gasteiger charge is -2.31. The molecule has 1 aliphatic rings. The molecule has 1 fully saturated rings. The van der Waals surface area contributed by atoms with Gasteiger partial charge < -0.3 is 20.8 Å². The third-order valence-electron chi connectivity index (χ3n) is 8.49. The fraction of sp³-hybridized carbons (Fsp3) is 0.436. The molecule has 0 aromatic heterocycles. The van der Waals surface area contributed by atoms with Gasteiger partial charge in [-0.25, -0.2) is 13.2 Å². The quantitative estimate of drug-likeness (QED) is 0.101. The number of sulfone groups is 1. The molecule has 2 aromatic rings. The van der Waals surface area contributed by atoms with Gasteiger partial charge in [0, 0.05) is 24.1 Å². The number of terminal acetylenes is 1. The number of hydrogen-bond donors (Lipinski definition) is 3. The number of hydrogen-bond acceptors (Lipinski definition) is 8. The van der Waals surface area contributed by atoms with Crippen LogP contribution >= 0.6 is 0 Å². The van der Waals surface area contributed by atoms with Crippen molar-refractivity contribution in [3.05, 3.63) is 88.9 Å². The Kier molecular flexibility index (Phi) is 15.2. The highest BCUT2D eigenvalue weighted by Crippen LogP contribution is 2.22. The summed E-state index contributed by atoms with van der Waals surface area (Å²) in [6.07, 6.45) is 10.1. The van der Waals surface area contributed by atoms with Crippen LogP contribution in [0.5, 0.6) is 0 Å². The van der Waals surface area contributed by atoms with Gasteiger partial charge in [-0.1, -0.05) is 69.7 Å². The standard InChI is InChI=1S/C39H50N4O7S/c1-8-34(44)31-14-16-33(17-15-31)51(48,49)23-20-32(24-26(2)3)40-37(45)35(27(4)5)41-38(46)36(28(6)7)42-39(47)50-43-21-18-30(19-22-43)25-29-12-10-9-11-13-29/h1,9-17,20,23-24,27-28,30,32,35-36H,18-19,21-22,25H2,2-7H3,(H,40,45)(H,41,46)(H,42,47)/b23-20+. The number of amides is 3. The first-order chi connectivity index (χ1) is 24.1. The Bertz CT molecular complexity index is 1720. The Hall–Kier alpha value is -4.73. The smallest absolute Gasteiger partial charge is 0.351 e. The summed E-state index contributed by atoms with van der Waals surface area (Å²) in [7, 11) is -3.94. The Balaban J connectivity index is 1.62. The van der Waals surface area contributed by atoms with E-state index in [-0.39, 0.29) is 22.3 Å². The molecular weight excluding hydrogens is 669 g/mol. The lowest BCUT2D eigenvalue weighted by molar-refractivity contribution is -0.133. The fourth-order valence-corrected chi connectivity index (χ4v) is 6.69. The van der Waals surface area contributed by atoms with Crippen molar-refractivity contribution in [1.82, 2.24) is 21.0 Å². The molecule has 1 aliphatic heterocycles. The van der Waals surface area contributed by atoms with E-state index in [1.54, 1.807) is 52.7 Å². The normalized spacial score (nSPS) is 15.7. The van der Waals surface area contributed by atoms with E-state index in [1.807, 2.05) is 24.1 Å². The number of piperidine rings is 1. The van der Waals surface area contributed by atoms with Crippen LogP contribution in [-0.2, 0) is 30.7 Å². The summed E-state index contributed by atoms with van der Waals surface area (Å²) in [6, 6.07) is 12.7. The summed E-state index contributed by atoms with van der Waals surface area (Å²) >= 11 is 0. The zero-order valence-electron chi connectivity index (χ0n) is 30.2.